The van der Waals surface area contributed by atoms with Gasteiger partial charge in [-0.15, -0.1) is 0 Å². The zero-order chi connectivity index (χ0) is 15.9. The first-order valence-electron chi connectivity index (χ1n) is 8.15. The van der Waals surface area contributed by atoms with Crippen LogP contribution in [0.1, 0.15) is 56.1 Å². The molecule has 0 spiro atoms. The topological polar surface area (TPSA) is 61.2 Å². The van der Waals surface area contributed by atoms with Crippen molar-refractivity contribution in [3.63, 3.8) is 0 Å². The van der Waals surface area contributed by atoms with Crippen LogP contribution in [0, 0.1) is 11.3 Å². The Morgan fingerprint density at radius 2 is 2.05 bits per heavy atom. The van der Waals surface area contributed by atoms with Gasteiger partial charge in [0.2, 0.25) is 0 Å². The summed E-state index contributed by atoms with van der Waals surface area (Å²) < 4.78 is 0. The van der Waals surface area contributed by atoms with E-state index in [9.17, 15) is 4.79 Å². The number of carboxylic acid groups (broad SMARTS) is 1. The molecule has 1 aromatic carbocycles. The van der Waals surface area contributed by atoms with Crippen molar-refractivity contribution in [1.82, 2.24) is 0 Å². The molecule has 3 heteroatoms. The monoisotopic (exact) mass is 299 g/mol. The maximum absolute atomic E-state index is 10.5. The highest BCUT2D eigenvalue weighted by Crippen LogP contribution is 2.33. The summed E-state index contributed by atoms with van der Waals surface area (Å²) in [6, 6.07) is 8.27. The number of carbonyl (C=O) groups is 1. The van der Waals surface area contributed by atoms with Gasteiger partial charge in [-0.1, -0.05) is 56.5 Å². The molecule has 1 aliphatic rings. The van der Waals surface area contributed by atoms with Crippen LogP contribution < -0.4 is 0 Å². The first-order chi connectivity index (χ1) is 10.6. The molecule has 118 valence electrons. The number of nitrogens with one attached hydrogen (secondary N) is 1. The lowest BCUT2D eigenvalue weighted by Crippen LogP contribution is -2.20. The van der Waals surface area contributed by atoms with Gasteiger partial charge in [0, 0.05) is 17.7 Å². The molecule has 0 saturated heterocycles. The molecule has 2 rings (SSSR count). The van der Waals surface area contributed by atoms with E-state index < -0.39 is 5.97 Å². The fraction of sp³-hybridized carbons (Fsp3) is 0.474. The molecule has 1 saturated carbocycles. The molecule has 3 nitrogen and oxygen atoms in total. The summed E-state index contributed by atoms with van der Waals surface area (Å²) in [5, 5.41) is 17.0. The number of benzene rings is 1. The molecule has 1 aliphatic carbocycles. The Balaban J connectivity index is 1.97. The van der Waals surface area contributed by atoms with E-state index >= 15 is 0 Å². The van der Waals surface area contributed by atoms with Crippen LogP contribution in [0.25, 0.3) is 0 Å². The lowest BCUT2D eigenvalue weighted by Gasteiger charge is -2.28. The summed E-state index contributed by atoms with van der Waals surface area (Å²) in [6.07, 6.45) is 9.27. The van der Waals surface area contributed by atoms with E-state index in [1.165, 1.54) is 30.9 Å². The summed E-state index contributed by atoms with van der Waals surface area (Å²) in [6.45, 7) is 2.14. The highest BCUT2D eigenvalue weighted by atomic mass is 16.4. The molecular formula is C19H25NO2. The van der Waals surface area contributed by atoms with E-state index in [4.69, 9.17) is 10.5 Å². The van der Waals surface area contributed by atoms with Crippen LogP contribution in [-0.2, 0) is 11.2 Å². The smallest absolute Gasteiger partial charge is 0.327 e. The molecule has 0 aromatic heterocycles. The highest BCUT2D eigenvalue weighted by molar-refractivity contribution is 5.88. The van der Waals surface area contributed by atoms with Crippen molar-refractivity contribution < 1.29 is 9.90 Å². The van der Waals surface area contributed by atoms with Gasteiger partial charge in [0.25, 0.3) is 0 Å². The predicted molar refractivity (Wildman–Crippen MR) is 89.6 cm³/mol. The Kier molecular flexibility index (Phi) is 5.93. The number of allylic oxidation sites excluding steroid dienone is 1. The summed E-state index contributed by atoms with van der Waals surface area (Å²) >= 11 is 0. The Labute approximate surface area is 132 Å². The van der Waals surface area contributed by atoms with E-state index in [0.717, 1.165) is 30.0 Å². The Bertz CT molecular complexity index is 541. The van der Waals surface area contributed by atoms with Crippen molar-refractivity contribution in [3.8, 4) is 0 Å². The molecular weight excluding hydrogens is 274 g/mol. The first kappa shape index (κ1) is 16.5. The quantitative estimate of drug-likeness (QED) is 0.545. The molecule has 22 heavy (non-hydrogen) atoms. The van der Waals surface area contributed by atoms with Gasteiger partial charge < -0.3 is 10.5 Å². The van der Waals surface area contributed by atoms with E-state index in [1.54, 1.807) is 6.08 Å². The highest BCUT2D eigenvalue weighted by Gasteiger charge is 2.23. The van der Waals surface area contributed by atoms with Gasteiger partial charge in [0.1, 0.15) is 0 Å². The van der Waals surface area contributed by atoms with Crippen LogP contribution >= 0.6 is 0 Å². The lowest BCUT2D eigenvalue weighted by atomic mass is 9.78. The number of hydrogen-bond acceptors (Lipinski definition) is 2. The van der Waals surface area contributed by atoms with Crippen molar-refractivity contribution in [1.29, 1.82) is 5.41 Å². The molecule has 0 heterocycles. The van der Waals surface area contributed by atoms with Crippen molar-refractivity contribution in [2.24, 2.45) is 5.92 Å². The third-order valence-corrected chi connectivity index (χ3v) is 4.56. The number of hydrogen-bond donors (Lipinski definition) is 2. The van der Waals surface area contributed by atoms with Crippen LogP contribution in [-0.4, -0.2) is 16.8 Å². The zero-order valence-electron chi connectivity index (χ0n) is 13.2. The lowest BCUT2D eigenvalue weighted by molar-refractivity contribution is -0.131. The van der Waals surface area contributed by atoms with E-state index in [2.05, 4.69) is 19.1 Å². The minimum absolute atomic E-state index is 0.226. The molecule has 0 aliphatic heterocycles. The summed E-state index contributed by atoms with van der Waals surface area (Å²) in [5.41, 5.74) is 3.17. The van der Waals surface area contributed by atoms with Gasteiger partial charge in [0.15, 0.2) is 0 Å². The zero-order valence-corrected chi connectivity index (χ0v) is 13.2. The fourth-order valence-corrected chi connectivity index (χ4v) is 3.02. The minimum atomic E-state index is -0.910. The van der Waals surface area contributed by atoms with Crippen molar-refractivity contribution >= 4 is 11.7 Å². The average molecular weight is 299 g/mol. The maximum atomic E-state index is 10.5. The Morgan fingerprint density at radius 3 is 2.55 bits per heavy atom. The molecule has 2 N–H and O–H groups in total. The number of aliphatic carboxylic acids is 1. The molecule has 0 unspecified atom stereocenters. The number of carboxylic acids is 1. The first-order valence-corrected chi connectivity index (χ1v) is 8.15. The average Bonchev–Trinajstić information content (AvgIpc) is 2.45. The second kappa shape index (κ2) is 7.92. The minimum Gasteiger partial charge on any atom is -0.478 e. The summed E-state index contributed by atoms with van der Waals surface area (Å²) in [5.74, 6) is 0.0540. The second-order valence-electron chi connectivity index (χ2n) is 6.17. The van der Waals surface area contributed by atoms with Gasteiger partial charge in [-0.2, -0.15) is 0 Å². The predicted octanol–water partition coefficient (Wildman–Crippen LogP) is 4.57. The molecule has 0 radical (unpaired) electrons. The van der Waals surface area contributed by atoms with Crippen LogP contribution in [0.5, 0.6) is 0 Å². The van der Waals surface area contributed by atoms with Crippen LogP contribution in [0.4, 0.5) is 0 Å². The molecule has 0 bridgehead atoms. The SMILES string of the molecule is CC[C@H](C(=N)CC1CCC1)c1ccc(C/C=C/C(=O)O)cc1. The second-order valence-corrected chi connectivity index (χ2v) is 6.17. The standard InChI is InChI=1S/C19H25NO2/c1-2-17(18(20)13-15-6-3-7-15)16-11-9-14(10-12-16)5-4-8-19(21)22/h4,8-12,15,17,20H,2-3,5-7,13H2,1H3,(H,21,22)/b8-4+,20-18?/t17-/m0/s1. The van der Waals surface area contributed by atoms with Crippen LogP contribution in [0.2, 0.25) is 0 Å². The molecule has 1 atom stereocenters. The molecule has 0 amide bonds. The van der Waals surface area contributed by atoms with E-state index in [0.29, 0.717) is 6.42 Å². The Morgan fingerprint density at radius 1 is 1.36 bits per heavy atom. The number of rotatable bonds is 8. The summed E-state index contributed by atoms with van der Waals surface area (Å²) in [7, 11) is 0. The van der Waals surface area contributed by atoms with Crippen molar-refractivity contribution in [2.75, 3.05) is 0 Å². The molecule has 1 fully saturated rings. The van der Waals surface area contributed by atoms with Crippen LogP contribution in [0.3, 0.4) is 0 Å². The van der Waals surface area contributed by atoms with Gasteiger partial charge >= 0.3 is 5.97 Å². The Hall–Kier alpha value is -1.90. The third kappa shape index (κ3) is 4.55. The van der Waals surface area contributed by atoms with Gasteiger partial charge in [-0.25, -0.2) is 4.79 Å². The van der Waals surface area contributed by atoms with Crippen molar-refractivity contribution in [2.45, 2.75) is 51.4 Å². The van der Waals surface area contributed by atoms with E-state index in [1.807, 2.05) is 12.1 Å². The normalized spacial score (nSPS) is 16.4. The van der Waals surface area contributed by atoms with Gasteiger partial charge in [-0.3, -0.25) is 0 Å². The van der Waals surface area contributed by atoms with Crippen molar-refractivity contribution in [3.05, 3.63) is 47.5 Å². The van der Waals surface area contributed by atoms with E-state index in [-0.39, 0.29) is 5.92 Å². The molecule has 1 aromatic rings. The summed E-state index contributed by atoms with van der Waals surface area (Å²) in [4.78, 5) is 10.5. The maximum Gasteiger partial charge on any atom is 0.327 e. The van der Waals surface area contributed by atoms with Gasteiger partial charge in [0.05, 0.1) is 0 Å². The third-order valence-electron chi connectivity index (χ3n) is 4.56. The largest absolute Gasteiger partial charge is 0.478 e. The fourth-order valence-electron chi connectivity index (χ4n) is 3.02. The van der Waals surface area contributed by atoms with Gasteiger partial charge in [-0.05, 0) is 36.3 Å². The van der Waals surface area contributed by atoms with Crippen LogP contribution in [0.15, 0.2) is 36.4 Å².